The number of ether oxygens (including phenoxy) is 1. The van der Waals surface area contributed by atoms with Gasteiger partial charge in [-0.2, -0.15) is 0 Å². The maximum absolute atomic E-state index is 13.3. The van der Waals surface area contributed by atoms with Gasteiger partial charge in [0.15, 0.2) is 0 Å². The van der Waals surface area contributed by atoms with Gasteiger partial charge in [0.25, 0.3) is 23.6 Å². The van der Waals surface area contributed by atoms with Crippen molar-refractivity contribution >= 4 is 47.2 Å². The number of aromatic hydroxyl groups is 1. The van der Waals surface area contributed by atoms with E-state index in [0.717, 1.165) is 4.90 Å². The van der Waals surface area contributed by atoms with Gasteiger partial charge in [0, 0.05) is 27.8 Å². The number of phenols is 1. The first-order chi connectivity index (χ1) is 20.3. The van der Waals surface area contributed by atoms with Crippen LogP contribution in [0.1, 0.15) is 36.6 Å². The SMILES string of the molecule is COc1cc(O)ccc1/C=C(\NC(=O)c1ccccc1)C(=O)Nc1ccc(SCN2C(=O)c3ccccc3C2=O)cc1. The normalized spacial score (nSPS) is 12.6. The fourth-order valence-corrected chi connectivity index (χ4v) is 5.09. The first-order valence-electron chi connectivity index (χ1n) is 12.8. The molecule has 0 unspecified atom stereocenters. The molecule has 1 aliphatic rings. The zero-order valence-corrected chi connectivity index (χ0v) is 23.2. The second kappa shape index (κ2) is 12.4. The van der Waals surface area contributed by atoms with E-state index in [4.69, 9.17) is 4.74 Å². The van der Waals surface area contributed by atoms with Crippen molar-refractivity contribution in [1.29, 1.82) is 0 Å². The van der Waals surface area contributed by atoms with Crippen molar-refractivity contribution in [3.8, 4) is 11.5 Å². The second-order valence-electron chi connectivity index (χ2n) is 9.14. The monoisotopic (exact) mass is 579 g/mol. The molecule has 5 rings (SSSR count). The molecule has 0 aromatic heterocycles. The Labute approximate surface area is 245 Å². The van der Waals surface area contributed by atoms with Gasteiger partial charge in [-0.3, -0.25) is 24.1 Å². The summed E-state index contributed by atoms with van der Waals surface area (Å²) in [5, 5.41) is 15.2. The van der Waals surface area contributed by atoms with Gasteiger partial charge >= 0.3 is 0 Å². The molecule has 42 heavy (non-hydrogen) atoms. The number of nitrogens with zero attached hydrogens (tertiary/aromatic N) is 1. The molecule has 0 saturated carbocycles. The van der Waals surface area contributed by atoms with Crippen molar-refractivity contribution in [3.05, 3.63) is 125 Å². The summed E-state index contributed by atoms with van der Waals surface area (Å²) in [5.41, 5.74) is 2.05. The van der Waals surface area contributed by atoms with Crippen molar-refractivity contribution in [2.75, 3.05) is 18.3 Å². The fraction of sp³-hybridized carbons (Fsp3) is 0.0625. The molecule has 9 nitrogen and oxygen atoms in total. The maximum Gasteiger partial charge on any atom is 0.272 e. The lowest BCUT2D eigenvalue weighted by Crippen LogP contribution is -2.30. The number of hydrogen-bond donors (Lipinski definition) is 3. The van der Waals surface area contributed by atoms with Crippen LogP contribution < -0.4 is 15.4 Å². The third-order valence-corrected chi connectivity index (χ3v) is 7.39. The molecule has 3 N–H and O–H groups in total. The van der Waals surface area contributed by atoms with Gasteiger partial charge < -0.3 is 20.5 Å². The van der Waals surface area contributed by atoms with Gasteiger partial charge in [-0.05, 0) is 66.7 Å². The van der Waals surface area contributed by atoms with Gasteiger partial charge in [-0.1, -0.05) is 30.3 Å². The van der Waals surface area contributed by atoms with Gasteiger partial charge in [0.1, 0.15) is 17.2 Å². The summed E-state index contributed by atoms with van der Waals surface area (Å²) in [7, 11) is 1.43. The van der Waals surface area contributed by atoms with Crippen LogP contribution in [0, 0.1) is 0 Å². The number of fused-ring (bicyclic) bond motifs is 1. The Balaban J connectivity index is 1.29. The van der Waals surface area contributed by atoms with E-state index in [1.165, 1.54) is 42.0 Å². The molecule has 4 aromatic rings. The summed E-state index contributed by atoms with van der Waals surface area (Å²) >= 11 is 1.31. The van der Waals surface area contributed by atoms with E-state index in [9.17, 15) is 24.3 Å². The first-order valence-corrected chi connectivity index (χ1v) is 13.8. The van der Waals surface area contributed by atoms with Crippen LogP contribution in [0.15, 0.2) is 108 Å². The Morgan fingerprint density at radius 1 is 0.881 bits per heavy atom. The van der Waals surface area contributed by atoms with Gasteiger partial charge in [-0.15, -0.1) is 11.8 Å². The number of rotatable bonds is 9. The third-order valence-electron chi connectivity index (χ3n) is 6.40. The molecule has 210 valence electrons. The molecule has 10 heteroatoms. The number of thioether (sulfide) groups is 1. The number of nitrogens with one attached hydrogen (secondary N) is 2. The zero-order chi connectivity index (χ0) is 29.6. The van der Waals surface area contributed by atoms with Gasteiger partial charge in [0.2, 0.25) is 0 Å². The van der Waals surface area contributed by atoms with Crippen LogP contribution in [0.4, 0.5) is 5.69 Å². The zero-order valence-electron chi connectivity index (χ0n) is 22.4. The Bertz CT molecular complexity index is 1670. The van der Waals surface area contributed by atoms with Crippen LogP contribution in [0.2, 0.25) is 0 Å². The number of imide groups is 1. The van der Waals surface area contributed by atoms with E-state index in [-0.39, 0.29) is 29.1 Å². The van der Waals surface area contributed by atoms with E-state index >= 15 is 0 Å². The number of benzene rings is 4. The maximum atomic E-state index is 13.3. The Kier molecular flexibility index (Phi) is 8.35. The molecule has 1 aliphatic heterocycles. The predicted octanol–water partition coefficient (Wildman–Crippen LogP) is 5.16. The molecule has 4 amide bonds. The average Bonchev–Trinajstić information content (AvgIpc) is 3.26. The Hall–Kier alpha value is -5.35. The summed E-state index contributed by atoms with van der Waals surface area (Å²) in [5.74, 6) is -1.26. The molecule has 0 fully saturated rings. The molecule has 0 bridgehead atoms. The van der Waals surface area contributed by atoms with Crippen LogP contribution in [0.25, 0.3) is 6.08 Å². The van der Waals surface area contributed by atoms with E-state index in [2.05, 4.69) is 10.6 Å². The van der Waals surface area contributed by atoms with E-state index in [0.29, 0.717) is 33.7 Å². The molecule has 1 heterocycles. The van der Waals surface area contributed by atoms with Crippen molar-refractivity contribution in [3.63, 3.8) is 0 Å². The molecular weight excluding hydrogens is 554 g/mol. The Morgan fingerprint density at radius 2 is 1.52 bits per heavy atom. The summed E-state index contributed by atoms with van der Waals surface area (Å²) in [4.78, 5) is 53.5. The first kappa shape index (κ1) is 28.2. The van der Waals surface area contributed by atoms with Gasteiger partial charge in [-0.25, -0.2) is 0 Å². The predicted molar refractivity (Wildman–Crippen MR) is 159 cm³/mol. The topological polar surface area (TPSA) is 125 Å². The number of hydrogen-bond acceptors (Lipinski definition) is 7. The minimum absolute atomic E-state index is 0.00992. The lowest BCUT2D eigenvalue weighted by atomic mass is 10.1. The number of amides is 4. The van der Waals surface area contributed by atoms with E-state index < -0.39 is 11.8 Å². The van der Waals surface area contributed by atoms with Crippen molar-refractivity contribution in [1.82, 2.24) is 10.2 Å². The third kappa shape index (κ3) is 6.18. The fourth-order valence-electron chi connectivity index (χ4n) is 4.25. The summed E-state index contributed by atoms with van der Waals surface area (Å²) in [6.45, 7) is 0. The highest BCUT2D eigenvalue weighted by molar-refractivity contribution is 7.99. The minimum Gasteiger partial charge on any atom is -0.508 e. The summed E-state index contributed by atoms with van der Waals surface area (Å²) in [6.07, 6.45) is 1.46. The highest BCUT2D eigenvalue weighted by Gasteiger charge is 2.34. The van der Waals surface area contributed by atoms with E-state index in [1.807, 2.05) is 0 Å². The molecule has 0 radical (unpaired) electrons. The number of phenolic OH excluding ortho intramolecular Hbond substituents is 1. The second-order valence-corrected chi connectivity index (χ2v) is 10.2. The van der Waals surface area contributed by atoms with Crippen molar-refractivity contribution in [2.45, 2.75) is 4.90 Å². The molecule has 0 atom stereocenters. The Morgan fingerprint density at radius 3 is 2.17 bits per heavy atom. The van der Waals surface area contributed by atoms with Crippen molar-refractivity contribution < 1.29 is 29.0 Å². The highest BCUT2D eigenvalue weighted by atomic mass is 32.2. The van der Waals surface area contributed by atoms with Crippen molar-refractivity contribution in [2.24, 2.45) is 0 Å². The summed E-state index contributed by atoms with van der Waals surface area (Å²) < 4.78 is 5.32. The lowest BCUT2D eigenvalue weighted by molar-refractivity contribution is -0.113. The molecule has 0 aliphatic carbocycles. The molecule has 4 aromatic carbocycles. The van der Waals surface area contributed by atoms with E-state index in [1.54, 1.807) is 84.9 Å². The van der Waals surface area contributed by atoms with Gasteiger partial charge in [0.05, 0.1) is 24.1 Å². The largest absolute Gasteiger partial charge is 0.508 e. The number of anilines is 1. The van der Waals surface area contributed by atoms with Crippen LogP contribution in [-0.4, -0.2) is 46.6 Å². The number of methoxy groups -OCH3 is 1. The standard InChI is InChI=1S/C32H25N3O6S/c1-41-28-18-23(36)14-11-21(28)17-27(34-29(37)20-7-3-2-4-8-20)30(38)33-22-12-15-24(16-13-22)42-19-35-31(39)25-9-5-6-10-26(25)32(35)40/h2-18,36H,19H2,1H3,(H,33,38)(H,34,37)/b27-17-. The van der Waals surface area contributed by atoms with Crippen LogP contribution in [-0.2, 0) is 4.79 Å². The quantitative estimate of drug-likeness (QED) is 0.142. The minimum atomic E-state index is -0.583. The number of carbonyl (C=O) groups excluding carboxylic acids is 4. The average molecular weight is 580 g/mol. The molecular formula is C32H25N3O6S. The van der Waals surface area contributed by atoms with Crippen LogP contribution in [0.5, 0.6) is 11.5 Å². The smallest absolute Gasteiger partial charge is 0.272 e. The highest BCUT2D eigenvalue weighted by Crippen LogP contribution is 2.28. The van der Waals surface area contributed by atoms with Crippen LogP contribution in [0.3, 0.4) is 0 Å². The number of carbonyl (C=O) groups is 4. The molecule has 0 spiro atoms. The summed E-state index contributed by atoms with van der Waals surface area (Å²) in [6, 6.07) is 26.5. The van der Waals surface area contributed by atoms with Crippen LogP contribution >= 0.6 is 11.8 Å². The lowest BCUT2D eigenvalue weighted by Gasteiger charge is -2.14. The molecule has 0 saturated heterocycles.